The van der Waals surface area contributed by atoms with E-state index in [1.165, 1.54) is 22.9 Å². The Hall–Kier alpha value is -0.380. The molecule has 0 aromatic heterocycles. The topological polar surface area (TPSA) is 38.0 Å². The zero-order valence-electron chi connectivity index (χ0n) is 8.75. The molecule has 0 heterocycles. The van der Waals surface area contributed by atoms with E-state index >= 15 is 0 Å². The van der Waals surface area contributed by atoms with Gasteiger partial charge in [-0.05, 0) is 36.5 Å². The molecular formula is C12H17BrN2. The fourth-order valence-electron chi connectivity index (χ4n) is 2.10. The van der Waals surface area contributed by atoms with E-state index in [-0.39, 0.29) is 0 Å². The average Bonchev–Trinajstić information content (AvgIpc) is 2.16. The zero-order valence-corrected chi connectivity index (χ0v) is 10.3. The first kappa shape index (κ1) is 11.1. The van der Waals surface area contributed by atoms with Gasteiger partial charge < -0.3 is 11.1 Å². The van der Waals surface area contributed by atoms with Crippen molar-refractivity contribution in [2.24, 2.45) is 5.73 Å². The lowest BCUT2D eigenvalue weighted by molar-refractivity contribution is 0.294. The molecule has 1 aromatic rings. The van der Waals surface area contributed by atoms with Crippen molar-refractivity contribution in [2.75, 3.05) is 13.1 Å². The van der Waals surface area contributed by atoms with E-state index in [9.17, 15) is 0 Å². The summed E-state index contributed by atoms with van der Waals surface area (Å²) < 4.78 is 1.18. The van der Waals surface area contributed by atoms with Gasteiger partial charge in [0.15, 0.2) is 0 Å². The average molecular weight is 269 g/mol. The molecule has 0 unspecified atom stereocenters. The van der Waals surface area contributed by atoms with E-state index in [1.54, 1.807) is 0 Å². The molecule has 0 amide bonds. The van der Waals surface area contributed by atoms with Crippen LogP contribution in [0.15, 0.2) is 28.7 Å². The number of halogens is 1. The summed E-state index contributed by atoms with van der Waals surface area (Å²) in [6.07, 6.45) is 2.49. The van der Waals surface area contributed by atoms with Gasteiger partial charge in [0.2, 0.25) is 0 Å². The van der Waals surface area contributed by atoms with E-state index < -0.39 is 0 Å². The highest BCUT2D eigenvalue weighted by atomic mass is 79.9. The summed E-state index contributed by atoms with van der Waals surface area (Å²) in [6, 6.07) is 9.31. The molecule has 0 saturated heterocycles. The molecule has 2 rings (SSSR count). The Labute approximate surface area is 99.4 Å². The molecule has 0 radical (unpaired) electrons. The van der Waals surface area contributed by atoms with Crippen molar-refractivity contribution in [1.82, 2.24) is 5.32 Å². The Balaban J connectivity index is 1.84. The first-order valence-corrected chi connectivity index (χ1v) is 6.28. The number of benzene rings is 1. The molecule has 1 aliphatic rings. The normalized spacial score (nSPS) is 24.9. The van der Waals surface area contributed by atoms with Crippen LogP contribution in [0.3, 0.4) is 0 Å². The lowest BCUT2D eigenvalue weighted by Crippen LogP contribution is -2.42. The Morgan fingerprint density at radius 1 is 1.40 bits per heavy atom. The highest BCUT2D eigenvalue weighted by Gasteiger charge is 2.29. The second-order valence-corrected chi connectivity index (χ2v) is 5.08. The van der Waals surface area contributed by atoms with Gasteiger partial charge in [-0.2, -0.15) is 0 Å². The lowest BCUT2D eigenvalue weighted by Gasteiger charge is -2.36. The van der Waals surface area contributed by atoms with Crippen LogP contribution in [-0.2, 0) is 0 Å². The molecule has 82 valence electrons. The van der Waals surface area contributed by atoms with E-state index in [0.29, 0.717) is 6.04 Å². The Kier molecular flexibility index (Phi) is 3.78. The zero-order chi connectivity index (χ0) is 10.7. The molecule has 2 nitrogen and oxygen atoms in total. The van der Waals surface area contributed by atoms with Crippen molar-refractivity contribution < 1.29 is 0 Å². The highest BCUT2D eigenvalue weighted by Crippen LogP contribution is 2.37. The summed E-state index contributed by atoms with van der Waals surface area (Å²) in [5, 5.41) is 3.45. The van der Waals surface area contributed by atoms with Crippen molar-refractivity contribution in [1.29, 1.82) is 0 Å². The van der Waals surface area contributed by atoms with Crippen LogP contribution >= 0.6 is 15.9 Å². The Morgan fingerprint density at radius 2 is 2.20 bits per heavy atom. The molecular weight excluding hydrogens is 252 g/mol. The van der Waals surface area contributed by atoms with E-state index in [2.05, 4.69) is 45.5 Å². The van der Waals surface area contributed by atoms with Gasteiger partial charge in [0, 0.05) is 23.6 Å². The van der Waals surface area contributed by atoms with Crippen LogP contribution in [-0.4, -0.2) is 19.1 Å². The smallest absolute Gasteiger partial charge is 0.0178 e. The van der Waals surface area contributed by atoms with E-state index in [0.717, 1.165) is 19.0 Å². The van der Waals surface area contributed by atoms with Crippen molar-refractivity contribution in [2.45, 2.75) is 24.8 Å². The number of rotatable bonds is 4. The predicted octanol–water partition coefficient (Wildman–Crippen LogP) is 2.24. The largest absolute Gasteiger partial charge is 0.329 e. The van der Waals surface area contributed by atoms with Crippen molar-refractivity contribution in [3.8, 4) is 0 Å². The third-order valence-corrected chi connectivity index (χ3v) is 3.53. The van der Waals surface area contributed by atoms with Crippen LogP contribution in [0.2, 0.25) is 0 Å². The maximum atomic E-state index is 5.45. The van der Waals surface area contributed by atoms with Gasteiger partial charge in [-0.1, -0.05) is 28.1 Å². The fourth-order valence-corrected chi connectivity index (χ4v) is 2.52. The lowest BCUT2D eigenvalue weighted by atomic mass is 9.76. The van der Waals surface area contributed by atoms with Gasteiger partial charge in [0.05, 0.1) is 0 Å². The monoisotopic (exact) mass is 268 g/mol. The van der Waals surface area contributed by atoms with E-state index in [1.807, 2.05) is 0 Å². The van der Waals surface area contributed by atoms with Crippen molar-refractivity contribution in [3.63, 3.8) is 0 Å². The van der Waals surface area contributed by atoms with Crippen LogP contribution < -0.4 is 11.1 Å². The van der Waals surface area contributed by atoms with Crippen molar-refractivity contribution >= 4 is 15.9 Å². The molecule has 0 atom stereocenters. The van der Waals surface area contributed by atoms with Gasteiger partial charge in [0.1, 0.15) is 0 Å². The standard InChI is InChI=1S/C12H17BrN2/c13-11-3-1-2-9(6-11)10-7-12(8-10)15-5-4-14/h1-3,6,10,12,15H,4-5,7-8,14H2. The summed E-state index contributed by atoms with van der Waals surface area (Å²) in [4.78, 5) is 0. The van der Waals surface area contributed by atoms with Gasteiger partial charge in [-0.25, -0.2) is 0 Å². The number of hydrogen-bond donors (Lipinski definition) is 2. The highest BCUT2D eigenvalue weighted by molar-refractivity contribution is 9.10. The third-order valence-electron chi connectivity index (χ3n) is 3.04. The minimum Gasteiger partial charge on any atom is -0.329 e. The first-order valence-electron chi connectivity index (χ1n) is 5.48. The summed E-state index contributed by atoms with van der Waals surface area (Å²) in [5.74, 6) is 0.734. The van der Waals surface area contributed by atoms with E-state index in [4.69, 9.17) is 5.73 Å². The van der Waals surface area contributed by atoms with Gasteiger partial charge >= 0.3 is 0 Å². The van der Waals surface area contributed by atoms with Crippen LogP contribution in [0.5, 0.6) is 0 Å². The quantitative estimate of drug-likeness (QED) is 0.879. The van der Waals surface area contributed by atoms with Crippen molar-refractivity contribution in [3.05, 3.63) is 34.3 Å². The fraction of sp³-hybridized carbons (Fsp3) is 0.500. The number of nitrogens with one attached hydrogen (secondary N) is 1. The summed E-state index contributed by atoms with van der Waals surface area (Å²) in [6.45, 7) is 1.67. The molecule has 15 heavy (non-hydrogen) atoms. The molecule has 1 aromatic carbocycles. The molecule has 1 saturated carbocycles. The van der Waals surface area contributed by atoms with Crippen LogP contribution in [0, 0.1) is 0 Å². The van der Waals surface area contributed by atoms with Crippen LogP contribution in [0.4, 0.5) is 0 Å². The molecule has 0 aliphatic heterocycles. The molecule has 3 heteroatoms. The van der Waals surface area contributed by atoms with Gasteiger partial charge in [-0.15, -0.1) is 0 Å². The van der Waals surface area contributed by atoms with Crippen LogP contribution in [0.25, 0.3) is 0 Å². The van der Waals surface area contributed by atoms with Crippen LogP contribution in [0.1, 0.15) is 24.3 Å². The summed E-state index contributed by atoms with van der Waals surface area (Å²) in [5.41, 5.74) is 6.91. The van der Waals surface area contributed by atoms with Gasteiger partial charge in [0.25, 0.3) is 0 Å². The maximum Gasteiger partial charge on any atom is 0.0178 e. The third kappa shape index (κ3) is 2.80. The second-order valence-electron chi connectivity index (χ2n) is 4.16. The number of nitrogens with two attached hydrogens (primary N) is 1. The minimum absolute atomic E-state index is 0.678. The predicted molar refractivity (Wildman–Crippen MR) is 67.0 cm³/mol. The minimum atomic E-state index is 0.678. The molecule has 0 spiro atoms. The molecule has 1 aliphatic carbocycles. The Morgan fingerprint density at radius 3 is 2.87 bits per heavy atom. The summed E-state index contributed by atoms with van der Waals surface area (Å²) in [7, 11) is 0. The molecule has 1 fully saturated rings. The summed E-state index contributed by atoms with van der Waals surface area (Å²) >= 11 is 3.51. The first-order chi connectivity index (χ1) is 7.29. The second kappa shape index (κ2) is 5.10. The van der Waals surface area contributed by atoms with Gasteiger partial charge in [-0.3, -0.25) is 0 Å². The molecule has 0 bridgehead atoms. The Bertz CT molecular complexity index is 321. The molecule has 3 N–H and O–H groups in total. The maximum absolute atomic E-state index is 5.45. The number of hydrogen-bond acceptors (Lipinski definition) is 2. The SMILES string of the molecule is NCCNC1CC(c2cccc(Br)c2)C1.